The standard InChI is InChI=1S/C21H26N2O5S2.ClH/c1-4-10-23-11-9-16-17(13-23)29-20(18(16)21(25)28-5-2)22-19(24)14-7-6-8-15(12-14)30(3,26)27;/h6-8,12H,4-5,9-11,13H2,1-3H3,(H,22,24);1H. The molecule has 0 atom stereocenters. The number of carbonyl (C=O) groups excluding carboxylic acids is 2. The second-order valence-electron chi connectivity index (χ2n) is 7.21. The maximum atomic E-state index is 12.8. The lowest BCUT2D eigenvalue weighted by atomic mass is 10.0. The molecule has 0 radical (unpaired) electrons. The first-order valence-corrected chi connectivity index (χ1v) is 12.6. The Balaban J connectivity index is 0.00000341. The van der Waals surface area contributed by atoms with Crippen LogP contribution in [0.15, 0.2) is 29.2 Å². The van der Waals surface area contributed by atoms with Gasteiger partial charge in [-0.15, -0.1) is 23.7 Å². The van der Waals surface area contributed by atoms with Gasteiger partial charge >= 0.3 is 5.97 Å². The molecule has 170 valence electrons. The fourth-order valence-electron chi connectivity index (χ4n) is 3.51. The number of hydrogen-bond acceptors (Lipinski definition) is 7. The van der Waals surface area contributed by atoms with E-state index >= 15 is 0 Å². The van der Waals surface area contributed by atoms with E-state index < -0.39 is 21.7 Å². The van der Waals surface area contributed by atoms with Crippen LogP contribution in [0.1, 0.15) is 51.4 Å². The number of hydrogen-bond donors (Lipinski definition) is 1. The van der Waals surface area contributed by atoms with E-state index in [0.717, 1.165) is 49.2 Å². The summed E-state index contributed by atoms with van der Waals surface area (Å²) in [6.45, 7) is 6.69. The third kappa shape index (κ3) is 5.85. The first-order chi connectivity index (χ1) is 14.2. The summed E-state index contributed by atoms with van der Waals surface area (Å²) in [5.41, 5.74) is 1.57. The van der Waals surface area contributed by atoms with Crippen LogP contribution >= 0.6 is 23.7 Å². The van der Waals surface area contributed by atoms with Gasteiger partial charge in [0.15, 0.2) is 9.84 Å². The molecule has 2 heterocycles. The summed E-state index contributed by atoms with van der Waals surface area (Å²) in [6, 6.07) is 5.86. The van der Waals surface area contributed by atoms with Crippen LogP contribution < -0.4 is 5.32 Å². The highest BCUT2D eigenvalue weighted by atomic mass is 35.5. The maximum Gasteiger partial charge on any atom is 0.341 e. The van der Waals surface area contributed by atoms with E-state index in [2.05, 4.69) is 17.1 Å². The number of ether oxygens (including phenoxy) is 1. The van der Waals surface area contributed by atoms with Crippen LogP contribution in [0, 0.1) is 0 Å². The number of thiophene rings is 1. The zero-order valence-electron chi connectivity index (χ0n) is 17.8. The highest BCUT2D eigenvalue weighted by Crippen LogP contribution is 2.38. The molecule has 0 unspecified atom stereocenters. The Morgan fingerprint density at radius 1 is 1.26 bits per heavy atom. The Morgan fingerprint density at radius 2 is 2.00 bits per heavy atom. The molecule has 10 heteroatoms. The van der Waals surface area contributed by atoms with Crippen molar-refractivity contribution < 1.29 is 22.7 Å². The summed E-state index contributed by atoms with van der Waals surface area (Å²) in [6.07, 6.45) is 2.86. The number of fused-ring (bicyclic) bond motifs is 1. The summed E-state index contributed by atoms with van der Waals surface area (Å²) < 4.78 is 28.8. The molecule has 1 amide bonds. The van der Waals surface area contributed by atoms with Gasteiger partial charge in [-0.1, -0.05) is 13.0 Å². The van der Waals surface area contributed by atoms with Gasteiger partial charge in [-0.2, -0.15) is 0 Å². The Labute approximate surface area is 193 Å². The number of carbonyl (C=O) groups is 2. The molecule has 1 aromatic carbocycles. The minimum Gasteiger partial charge on any atom is -0.462 e. The molecule has 7 nitrogen and oxygen atoms in total. The molecule has 0 saturated heterocycles. The van der Waals surface area contributed by atoms with Crippen LogP contribution in [0.5, 0.6) is 0 Å². The molecule has 0 aliphatic carbocycles. The van der Waals surface area contributed by atoms with E-state index in [-0.39, 0.29) is 29.5 Å². The second-order valence-corrected chi connectivity index (χ2v) is 10.3. The third-order valence-corrected chi connectivity index (χ3v) is 7.15. The minimum atomic E-state index is -3.43. The summed E-state index contributed by atoms with van der Waals surface area (Å²) in [4.78, 5) is 28.9. The summed E-state index contributed by atoms with van der Waals surface area (Å²) in [5.74, 6) is -0.908. The Bertz CT molecular complexity index is 1070. The monoisotopic (exact) mass is 486 g/mol. The molecule has 0 bridgehead atoms. The van der Waals surface area contributed by atoms with Crippen LogP contribution in [0.3, 0.4) is 0 Å². The predicted molar refractivity (Wildman–Crippen MR) is 124 cm³/mol. The van der Waals surface area contributed by atoms with Crippen molar-refractivity contribution in [2.24, 2.45) is 0 Å². The van der Waals surface area contributed by atoms with Gasteiger partial charge in [0.25, 0.3) is 5.91 Å². The van der Waals surface area contributed by atoms with Crippen molar-refractivity contribution in [3.05, 3.63) is 45.8 Å². The first kappa shape index (κ1) is 25.3. The van der Waals surface area contributed by atoms with Gasteiger partial charge in [-0.3, -0.25) is 9.69 Å². The molecule has 2 aromatic rings. The highest BCUT2D eigenvalue weighted by molar-refractivity contribution is 7.90. The molecule has 0 fully saturated rings. The van der Waals surface area contributed by atoms with Crippen molar-refractivity contribution in [3.63, 3.8) is 0 Å². The molecule has 1 aromatic heterocycles. The van der Waals surface area contributed by atoms with E-state index in [1.54, 1.807) is 13.0 Å². The van der Waals surface area contributed by atoms with E-state index in [9.17, 15) is 18.0 Å². The molecular formula is C21H27ClN2O5S2. The smallest absolute Gasteiger partial charge is 0.341 e. The Morgan fingerprint density at radius 3 is 2.65 bits per heavy atom. The zero-order chi connectivity index (χ0) is 21.9. The lowest BCUT2D eigenvalue weighted by Crippen LogP contribution is -2.30. The van der Waals surface area contributed by atoms with Gasteiger partial charge in [0, 0.05) is 29.8 Å². The molecule has 1 aliphatic heterocycles. The quantitative estimate of drug-likeness (QED) is 0.599. The van der Waals surface area contributed by atoms with E-state index in [1.165, 1.54) is 29.5 Å². The lowest BCUT2D eigenvalue weighted by Gasteiger charge is -2.26. The van der Waals surface area contributed by atoms with Crippen molar-refractivity contribution in [2.75, 3.05) is 31.3 Å². The third-order valence-electron chi connectivity index (χ3n) is 4.91. The molecule has 1 aliphatic rings. The van der Waals surface area contributed by atoms with Crippen LogP contribution in [0.25, 0.3) is 0 Å². The van der Waals surface area contributed by atoms with Crippen LogP contribution in [0.2, 0.25) is 0 Å². The first-order valence-electron chi connectivity index (χ1n) is 9.90. The van der Waals surface area contributed by atoms with Crippen molar-refractivity contribution in [1.82, 2.24) is 4.90 Å². The number of anilines is 1. The second kappa shape index (κ2) is 10.6. The van der Waals surface area contributed by atoms with Gasteiger partial charge in [-0.25, -0.2) is 13.2 Å². The Kier molecular flexibility index (Phi) is 8.65. The van der Waals surface area contributed by atoms with Gasteiger partial charge in [0.05, 0.1) is 17.1 Å². The average Bonchev–Trinajstić information content (AvgIpc) is 3.05. The van der Waals surface area contributed by atoms with Crippen molar-refractivity contribution >= 4 is 50.5 Å². The van der Waals surface area contributed by atoms with Crippen LogP contribution in [-0.2, 0) is 27.5 Å². The normalized spacial score (nSPS) is 13.8. The van der Waals surface area contributed by atoms with Gasteiger partial charge in [0.2, 0.25) is 0 Å². The van der Waals surface area contributed by atoms with Gasteiger partial charge in [0.1, 0.15) is 5.00 Å². The molecule has 0 saturated carbocycles. The van der Waals surface area contributed by atoms with Crippen molar-refractivity contribution in [2.45, 2.75) is 38.1 Å². The molecular weight excluding hydrogens is 460 g/mol. The Hall–Kier alpha value is -1.94. The largest absolute Gasteiger partial charge is 0.462 e. The number of benzene rings is 1. The number of esters is 1. The molecule has 0 spiro atoms. The predicted octanol–water partition coefficient (Wildman–Crippen LogP) is 3.77. The summed E-state index contributed by atoms with van der Waals surface area (Å²) in [5, 5.41) is 3.26. The van der Waals surface area contributed by atoms with E-state index in [1.807, 2.05) is 0 Å². The van der Waals surface area contributed by atoms with Crippen molar-refractivity contribution in [1.29, 1.82) is 0 Å². The van der Waals surface area contributed by atoms with Crippen LogP contribution in [-0.4, -0.2) is 51.1 Å². The topological polar surface area (TPSA) is 92.8 Å². The van der Waals surface area contributed by atoms with E-state index in [4.69, 9.17) is 4.74 Å². The fraction of sp³-hybridized carbons (Fsp3) is 0.429. The number of halogens is 1. The number of amides is 1. The number of nitrogens with zero attached hydrogens (tertiary/aromatic N) is 1. The SMILES string of the molecule is CCCN1CCc2c(sc(NC(=O)c3cccc(S(C)(=O)=O)c3)c2C(=O)OCC)C1.Cl. The fourth-order valence-corrected chi connectivity index (χ4v) is 5.45. The van der Waals surface area contributed by atoms with Crippen LogP contribution in [0.4, 0.5) is 5.00 Å². The van der Waals surface area contributed by atoms with Gasteiger partial charge < -0.3 is 10.1 Å². The molecule has 31 heavy (non-hydrogen) atoms. The minimum absolute atomic E-state index is 0. The maximum absolute atomic E-state index is 12.8. The molecule has 3 rings (SSSR count). The summed E-state index contributed by atoms with van der Waals surface area (Å²) >= 11 is 1.39. The zero-order valence-corrected chi connectivity index (χ0v) is 20.2. The molecule has 1 N–H and O–H groups in total. The average molecular weight is 487 g/mol. The summed E-state index contributed by atoms with van der Waals surface area (Å²) in [7, 11) is -3.43. The number of nitrogens with one attached hydrogen (secondary N) is 1. The lowest BCUT2D eigenvalue weighted by molar-refractivity contribution is 0.0526. The van der Waals surface area contributed by atoms with E-state index in [0.29, 0.717) is 10.6 Å². The van der Waals surface area contributed by atoms with Crippen molar-refractivity contribution in [3.8, 4) is 0 Å². The van der Waals surface area contributed by atoms with Gasteiger partial charge in [-0.05, 0) is 50.1 Å². The number of sulfone groups is 1. The number of rotatable bonds is 7. The highest BCUT2D eigenvalue weighted by Gasteiger charge is 2.29.